The summed E-state index contributed by atoms with van der Waals surface area (Å²) in [4.78, 5) is 11.5. The summed E-state index contributed by atoms with van der Waals surface area (Å²) in [6.45, 7) is 8.94. The molecule has 0 fully saturated rings. The molecule has 1 aromatic rings. The Morgan fingerprint density at radius 3 is 2.55 bits per heavy atom. The van der Waals surface area contributed by atoms with E-state index in [1.807, 2.05) is 26.8 Å². The van der Waals surface area contributed by atoms with E-state index < -0.39 is 5.60 Å². The first-order valence-electron chi connectivity index (χ1n) is 7.21. The van der Waals surface area contributed by atoms with Gasteiger partial charge in [0.1, 0.15) is 5.60 Å². The molecular formula is C16H26N2O2. The highest BCUT2D eigenvalue weighted by molar-refractivity contribution is 5.67. The van der Waals surface area contributed by atoms with E-state index in [1.165, 1.54) is 5.56 Å². The van der Waals surface area contributed by atoms with Gasteiger partial charge in [0.15, 0.2) is 0 Å². The molecule has 20 heavy (non-hydrogen) atoms. The molecule has 0 saturated carbocycles. The molecule has 1 aromatic carbocycles. The van der Waals surface area contributed by atoms with Gasteiger partial charge in [0.25, 0.3) is 0 Å². The van der Waals surface area contributed by atoms with Crippen LogP contribution in [0.3, 0.4) is 0 Å². The SMILES string of the molecule is CCCc1ccccc1NCCNC(=O)OC(C)(C)C. The molecule has 0 heterocycles. The minimum Gasteiger partial charge on any atom is -0.444 e. The van der Waals surface area contributed by atoms with Crippen LogP contribution < -0.4 is 10.6 Å². The summed E-state index contributed by atoms with van der Waals surface area (Å²) in [5, 5.41) is 6.08. The predicted molar refractivity (Wildman–Crippen MR) is 83.2 cm³/mol. The molecule has 0 bridgehead atoms. The van der Waals surface area contributed by atoms with Crippen LogP contribution >= 0.6 is 0 Å². The van der Waals surface area contributed by atoms with E-state index in [0.717, 1.165) is 18.5 Å². The number of ether oxygens (including phenoxy) is 1. The van der Waals surface area contributed by atoms with Gasteiger partial charge in [0.05, 0.1) is 0 Å². The maximum Gasteiger partial charge on any atom is 0.407 e. The molecule has 0 atom stereocenters. The maximum absolute atomic E-state index is 11.5. The van der Waals surface area contributed by atoms with Gasteiger partial charge in [-0.1, -0.05) is 31.5 Å². The first kappa shape index (κ1) is 16.3. The van der Waals surface area contributed by atoms with Gasteiger partial charge in [0, 0.05) is 18.8 Å². The first-order chi connectivity index (χ1) is 9.42. The van der Waals surface area contributed by atoms with E-state index >= 15 is 0 Å². The highest BCUT2D eigenvalue weighted by atomic mass is 16.6. The zero-order valence-electron chi connectivity index (χ0n) is 13.0. The fraction of sp³-hybridized carbons (Fsp3) is 0.562. The fourth-order valence-electron chi connectivity index (χ4n) is 1.86. The molecule has 0 aromatic heterocycles. The van der Waals surface area contributed by atoms with Gasteiger partial charge >= 0.3 is 6.09 Å². The number of hydrogen-bond donors (Lipinski definition) is 2. The molecule has 0 radical (unpaired) electrons. The molecule has 1 rings (SSSR count). The normalized spacial score (nSPS) is 11.0. The number of carbonyl (C=O) groups is 1. The number of carbonyl (C=O) groups excluding carboxylic acids is 1. The van der Waals surface area contributed by atoms with Crippen molar-refractivity contribution < 1.29 is 9.53 Å². The lowest BCUT2D eigenvalue weighted by molar-refractivity contribution is 0.0530. The van der Waals surface area contributed by atoms with Crippen molar-refractivity contribution in [1.82, 2.24) is 5.32 Å². The molecule has 4 heteroatoms. The van der Waals surface area contributed by atoms with Crippen LogP contribution in [0.5, 0.6) is 0 Å². The van der Waals surface area contributed by atoms with Crippen molar-refractivity contribution in [2.75, 3.05) is 18.4 Å². The van der Waals surface area contributed by atoms with Gasteiger partial charge in [0.2, 0.25) is 0 Å². The maximum atomic E-state index is 11.5. The zero-order chi connectivity index (χ0) is 15.0. The molecular weight excluding hydrogens is 252 g/mol. The second-order valence-electron chi connectivity index (χ2n) is 5.76. The molecule has 112 valence electrons. The number of aryl methyl sites for hydroxylation is 1. The van der Waals surface area contributed by atoms with Crippen LogP contribution in [0.15, 0.2) is 24.3 Å². The fourth-order valence-corrected chi connectivity index (χ4v) is 1.86. The van der Waals surface area contributed by atoms with Crippen LogP contribution in [0.25, 0.3) is 0 Å². The van der Waals surface area contributed by atoms with E-state index in [9.17, 15) is 4.79 Å². The average molecular weight is 278 g/mol. The van der Waals surface area contributed by atoms with E-state index in [0.29, 0.717) is 13.1 Å². The molecule has 0 saturated heterocycles. The second-order valence-corrected chi connectivity index (χ2v) is 5.76. The Labute approximate surface area is 121 Å². The van der Waals surface area contributed by atoms with Gasteiger partial charge in [-0.3, -0.25) is 0 Å². The van der Waals surface area contributed by atoms with Crippen LogP contribution in [-0.4, -0.2) is 24.8 Å². The number of nitrogens with one attached hydrogen (secondary N) is 2. The molecule has 1 amide bonds. The number of hydrogen-bond acceptors (Lipinski definition) is 3. The highest BCUT2D eigenvalue weighted by Crippen LogP contribution is 2.16. The number of benzene rings is 1. The summed E-state index contributed by atoms with van der Waals surface area (Å²) in [5.41, 5.74) is 2.00. The van der Waals surface area contributed by atoms with Crippen LogP contribution in [0, 0.1) is 0 Å². The summed E-state index contributed by atoms with van der Waals surface area (Å²) in [6.07, 6.45) is 1.80. The van der Waals surface area contributed by atoms with Crippen LogP contribution in [0.2, 0.25) is 0 Å². The Morgan fingerprint density at radius 2 is 1.90 bits per heavy atom. The summed E-state index contributed by atoms with van der Waals surface area (Å²) in [5.74, 6) is 0. The van der Waals surface area contributed by atoms with Crippen molar-refractivity contribution in [3.05, 3.63) is 29.8 Å². The van der Waals surface area contributed by atoms with Gasteiger partial charge < -0.3 is 15.4 Å². The number of rotatable bonds is 6. The Bertz CT molecular complexity index is 425. The summed E-state index contributed by atoms with van der Waals surface area (Å²) in [6, 6.07) is 8.27. The number of anilines is 1. The quantitative estimate of drug-likeness (QED) is 0.782. The molecule has 0 unspecified atom stereocenters. The van der Waals surface area contributed by atoms with Crippen molar-refractivity contribution in [2.45, 2.75) is 46.1 Å². The van der Waals surface area contributed by atoms with E-state index in [1.54, 1.807) is 0 Å². The third-order valence-electron chi connectivity index (χ3n) is 2.65. The number of amides is 1. The first-order valence-corrected chi connectivity index (χ1v) is 7.21. The Morgan fingerprint density at radius 1 is 1.20 bits per heavy atom. The standard InChI is InChI=1S/C16H26N2O2/c1-5-8-13-9-6-7-10-14(13)17-11-12-18-15(19)20-16(2,3)4/h6-7,9-10,17H,5,8,11-12H2,1-4H3,(H,18,19). The predicted octanol–water partition coefficient (Wildman–Crippen LogP) is 3.58. The minimum absolute atomic E-state index is 0.374. The van der Waals surface area contributed by atoms with E-state index in [-0.39, 0.29) is 6.09 Å². The van der Waals surface area contributed by atoms with Gasteiger partial charge in [-0.15, -0.1) is 0 Å². The lowest BCUT2D eigenvalue weighted by atomic mass is 10.1. The highest BCUT2D eigenvalue weighted by Gasteiger charge is 2.15. The summed E-state index contributed by atoms with van der Waals surface area (Å²) >= 11 is 0. The Kier molecular flexibility index (Phi) is 6.36. The van der Waals surface area contributed by atoms with Crippen molar-refractivity contribution >= 4 is 11.8 Å². The molecule has 0 aliphatic rings. The summed E-state index contributed by atoms with van der Waals surface area (Å²) in [7, 11) is 0. The molecule has 0 aliphatic carbocycles. The van der Waals surface area contributed by atoms with Crippen LogP contribution in [-0.2, 0) is 11.2 Å². The molecule has 2 N–H and O–H groups in total. The molecule has 0 spiro atoms. The minimum atomic E-state index is -0.453. The van der Waals surface area contributed by atoms with Crippen molar-refractivity contribution in [1.29, 1.82) is 0 Å². The monoisotopic (exact) mass is 278 g/mol. The Hall–Kier alpha value is -1.71. The molecule has 4 nitrogen and oxygen atoms in total. The van der Waals surface area contributed by atoms with Crippen molar-refractivity contribution in [3.63, 3.8) is 0 Å². The largest absolute Gasteiger partial charge is 0.444 e. The van der Waals surface area contributed by atoms with Crippen molar-refractivity contribution in [2.24, 2.45) is 0 Å². The third kappa shape index (κ3) is 6.45. The lowest BCUT2D eigenvalue weighted by Gasteiger charge is -2.20. The molecule has 0 aliphatic heterocycles. The van der Waals surface area contributed by atoms with Gasteiger partial charge in [-0.2, -0.15) is 0 Å². The van der Waals surface area contributed by atoms with E-state index in [2.05, 4.69) is 35.8 Å². The van der Waals surface area contributed by atoms with E-state index in [4.69, 9.17) is 4.74 Å². The van der Waals surface area contributed by atoms with Gasteiger partial charge in [-0.25, -0.2) is 4.79 Å². The Balaban J connectivity index is 2.33. The van der Waals surface area contributed by atoms with Crippen LogP contribution in [0.4, 0.5) is 10.5 Å². The van der Waals surface area contributed by atoms with Gasteiger partial charge in [-0.05, 0) is 38.8 Å². The van der Waals surface area contributed by atoms with Crippen molar-refractivity contribution in [3.8, 4) is 0 Å². The average Bonchev–Trinajstić information content (AvgIpc) is 2.34. The third-order valence-corrected chi connectivity index (χ3v) is 2.65. The topological polar surface area (TPSA) is 50.4 Å². The smallest absolute Gasteiger partial charge is 0.407 e. The lowest BCUT2D eigenvalue weighted by Crippen LogP contribution is -2.35. The summed E-state index contributed by atoms with van der Waals surface area (Å²) < 4.78 is 5.17. The second kappa shape index (κ2) is 7.78. The number of para-hydroxylation sites is 1. The number of alkyl carbamates (subject to hydrolysis) is 1. The zero-order valence-corrected chi connectivity index (χ0v) is 13.0. The van der Waals surface area contributed by atoms with Crippen LogP contribution in [0.1, 0.15) is 39.7 Å².